The van der Waals surface area contributed by atoms with Crippen molar-refractivity contribution in [2.75, 3.05) is 0 Å². The van der Waals surface area contributed by atoms with E-state index >= 15 is 0 Å². The highest BCUT2D eigenvalue weighted by molar-refractivity contribution is 6.06. The monoisotopic (exact) mass is 526 g/mol. The molecule has 0 aliphatic carbocycles. The first-order valence-corrected chi connectivity index (χ1v) is 14.6. The van der Waals surface area contributed by atoms with E-state index in [1.165, 1.54) is 39.1 Å². The number of rotatable bonds is 7. The van der Waals surface area contributed by atoms with Crippen LogP contribution in [-0.4, -0.2) is 9.55 Å². The maximum atomic E-state index is 6.11. The molecular formula is C37H38N2O. The molecule has 6 aromatic rings. The Hall–Kier alpha value is -4.11. The van der Waals surface area contributed by atoms with Gasteiger partial charge in [0.25, 0.3) is 0 Å². The van der Waals surface area contributed by atoms with E-state index in [9.17, 15) is 0 Å². The molecule has 4 aromatic carbocycles. The third-order valence-electron chi connectivity index (χ3n) is 8.35. The summed E-state index contributed by atoms with van der Waals surface area (Å²) in [5, 5.41) is 2.32. The van der Waals surface area contributed by atoms with Gasteiger partial charge in [0.1, 0.15) is 17.0 Å². The van der Waals surface area contributed by atoms with Crippen LogP contribution in [-0.2, 0) is 0 Å². The van der Waals surface area contributed by atoms with Crippen molar-refractivity contribution in [2.45, 2.75) is 65.7 Å². The van der Waals surface area contributed by atoms with Gasteiger partial charge < -0.3 is 4.42 Å². The normalized spacial score (nSPS) is 12.7. The number of benzene rings is 4. The molecule has 1 atom stereocenters. The van der Waals surface area contributed by atoms with Crippen LogP contribution in [0.4, 0.5) is 0 Å². The van der Waals surface area contributed by atoms with Crippen LogP contribution in [0, 0.1) is 0 Å². The minimum absolute atomic E-state index is 0.339. The molecule has 2 aromatic heterocycles. The van der Waals surface area contributed by atoms with E-state index in [2.05, 4.69) is 119 Å². The molecule has 2 heterocycles. The molecule has 0 fully saturated rings. The molecule has 0 spiro atoms. The van der Waals surface area contributed by atoms with E-state index in [-0.39, 0.29) is 0 Å². The fourth-order valence-corrected chi connectivity index (χ4v) is 5.94. The lowest BCUT2D eigenvalue weighted by Crippen LogP contribution is -2.09. The Balaban J connectivity index is 1.56. The van der Waals surface area contributed by atoms with Crippen molar-refractivity contribution in [1.29, 1.82) is 0 Å². The summed E-state index contributed by atoms with van der Waals surface area (Å²) in [4.78, 5) is 4.93. The quantitative estimate of drug-likeness (QED) is 0.207. The number of furan rings is 1. The zero-order valence-electron chi connectivity index (χ0n) is 24.4. The van der Waals surface area contributed by atoms with Gasteiger partial charge in [0.15, 0.2) is 0 Å². The van der Waals surface area contributed by atoms with Gasteiger partial charge in [-0.25, -0.2) is 4.98 Å². The van der Waals surface area contributed by atoms with Crippen LogP contribution in [0.15, 0.2) is 95.7 Å². The minimum Gasteiger partial charge on any atom is -0.456 e. The van der Waals surface area contributed by atoms with Crippen LogP contribution in [0.2, 0.25) is 0 Å². The molecule has 0 radical (unpaired) electrons. The van der Waals surface area contributed by atoms with E-state index in [4.69, 9.17) is 9.40 Å². The topological polar surface area (TPSA) is 31.0 Å². The number of imidazole rings is 1. The molecule has 0 amide bonds. The SMILES string of the molecule is CCC(C)c1ccccc1-c1nccn1-c1c(C(C)C)cc(-c2ccc3oc4ccccc4c3c2)cc1C(C)C. The van der Waals surface area contributed by atoms with Crippen molar-refractivity contribution in [2.24, 2.45) is 0 Å². The van der Waals surface area contributed by atoms with Crippen LogP contribution in [0.5, 0.6) is 0 Å². The molecule has 40 heavy (non-hydrogen) atoms. The molecular weight excluding hydrogens is 488 g/mol. The summed E-state index contributed by atoms with van der Waals surface area (Å²) < 4.78 is 8.45. The molecule has 0 bridgehead atoms. The molecule has 0 aliphatic rings. The number of fused-ring (bicyclic) bond motifs is 3. The van der Waals surface area contributed by atoms with Gasteiger partial charge in [0.05, 0.1) is 5.69 Å². The summed E-state index contributed by atoms with van der Waals surface area (Å²) in [5.41, 5.74) is 10.8. The summed E-state index contributed by atoms with van der Waals surface area (Å²) >= 11 is 0. The lowest BCUT2D eigenvalue weighted by atomic mass is 9.87. The van der Waals surface area contributed by atoms with E-state index in [0.717, 1.165) is 34.2 Å². The Kier molecular flexibility index (Phi) is 6.83. The maximum absolute atomic E-state index is 6.11. The highest BCUT2D eigenvalue weighted by Crippen LogP contribution is 2.40. The summed E-state index contributed by atoms with van der Waals surface area (Å²) in [7, 11) is 0. The largest absolute Gasteiger partial charge is 0.456 e. The Morgan fingerprint density at radius 1 is 0.700 bits per heavy atom. The molecule has 1 unspecified atom stereocenters. The van der Waals surface area contributed by atoms with Crippen molar-refractivity contribution >= 4 is 21.9 Å². The summed E-state index contributed by atoms with van der Waals surface area (Å²) in [6.07, 6.45) is 5.18. The van der Waals surface area contributed by atoms with Gasteiger partial charge >= 0.3 is 0 Å². The van der Waals surface area contributed by atoms with Gasteiger partial charge in [-0.1, -0.05) is 90.1 Å². The van der Waals surface area contributed by atoms with Gasteiger partial charge in [0.2, 0.25) is 0 Å². The van der Waals surface area contributed by atoms with E-state index in [1.54, 1.807) is 0 Å². The second-order valence-corrected chi connectivity index (χ2v) is 11.6. The highest BCUT2D eigenvalue weighted by Gasteiger charge is 2.22. The third-order valence-corrected chi connectivity index (χ3v) is 8.35. The van der Waals surface area contributed by atoms with Gasteiger partial charge in [-0.05, 0) is 82.3 Å². The molecule has 6 rings (SSSR count). The van der Waals surface area contributed by atoms with Crippen LogP contribution >= 0.6 is 0 Å². The van der Waals surface area contributed by atoms with Crippen molar-refractivity contribution in [3.05, 3.63) is 108 Å². The van der Waals surface area contributed by atoms with Crippen molar-refractivity contribution < 1.29 is 4.42 Å². The zero-order valence-corrected chi connectivity index (χ0v) is 24.4. The Labute approximate surface area is 237 Å². The van der Waals surface area contributed by atoms with Crippen molar-refractivity contribution in [1.82, 2.24) is 9.55 Å². The number of hydrogen-bond donors (Lipinski definition) is 0. The molecule has 0 saturated carbocycles. The van der Waals surface area contributed by atoms with Crippen LogP contribution in [0.3, 0.4) is 0 Å². The first-order chi connectivity index (χ1) is 19.4. The summed E-state index contributed by atoms with van der Waals surface area (Å²) in [6, 6.07) is 28.4. The van der Waals surface area contributed by atoms with Gasteiger partial charge in [-0.15, -0.1) is 0 Å². The molecule has 3 heteroatoms. The molecule has 202 valence electrons. The molecule has 0 saturated heterocycles. The molecule has 0 N–H and O–H groups in total. The average molecular weight is 527 g/mol. The smallest absolute Gasteiger partial charge is 0.144 e. The van der Waals surface area contributed by atoms with E-state index in [0.29, 0.717) is 17.8 Å². The van der Waals surface area contributed by atoms with Gasteiger partial charge in [-0.3, -0.25) is 4.57 Å². The average Bonchev–Trinajstić information content (AvgIpc) is 3.60. The van der Waals surface area contributed by atoms with E-state index < -0.39 is 0 Å². The number of nitrogens with zero attached hydrogens (tertiary/aromatic N) is 2. The predicted molar refractivity (Wildman–Crippen MR) is 169 cm³/mol. The first kappa shape index (κ1) is 26.1. The van der Waals surface area contributed by atoms with Crippen LogP contribution in [0.25, 0.3) is 50.1 Å². The Bertz CT molecular complexity index is 1790. The van der Waals surface area contributed by atoms with Gasteiger partial charge in [0, 0.05) is 28.7 Å². The lowest BCUT2D eigenvalue weighted by molar-refractivity contribution is 0.669. The second-order valence-electron chi connectivity index (χ2n) is 11.6. The molecule has 0 aliphatic heterocycles. The van der Waals surface area contributed by atoms with Gasteiger partial charge in [-0.2, -0.15) is 0 Å². The minimum atomic E-state index is 0.339. The number of para-hydroxylation sites is 1. The standard InChI is InChI=1S/C37H38N2O/c1-7-25(6)28-12-8-9-14-30(28)37-38-18-19-39(37)36-31(23(2)3)21-27(22-32(36)24(4)5)26-16-17-35-33(20-26)29-13-10-11-15-34(29)40-35/h8-25H,7H2,1-6H3. The second kappa shape index (κ2) is 10.5. The number of aromatic nitrogens is 2. The summed E-state index contributed by atoms with van der Waals surface area (Å²) in [5.74, 6) is 2.16. The fraction of sp³-hybridized carbons (Fsp3) is 0.270. The van der Waals surface area contributed by atoms with Crippen molar-refractivity contribution in [3.8, 4) is 28.2 Å². The fourth-order valence-electron chi connectivity index (χ4n) is 5.94. The highest BCUT2D eigenvalue weighted by atomic mass is 16.3. The Morgan fingerprint density at radius 2 is 1.38 bits per heavy atom. The Morgan fingerprint density at radius 3 is 2.10 bits per heavy atom. The first-order valence-electron chi connectivity index (χ1n) is 14.6. The predicted octanol–water partition coefficient (Wildman–Crippen LogP) is 10.9. The van der Waals surface area contributed by atoms with Crippen LogP contribution in [0.1, 0.15) is 82.4 Å². The van der Waals surface area contributed by atoms with E-state index in [1.807, 2.05) is 18.3 Å². The summed E-state index contributed by atoms with van der Waals surface area (Å²) in [6.45, 7) is 13.7. The third kappa shape index (κ3) is 4.44. The number of hydrogen-bond acceptors (Lipinski definition) is 2. The zero-order chi connectivity index (χ0) is 28.0. The molecule has 3 nitrogen and oxygen atoms in total. The lowest BCUT2D eigenvalue weighted by Gasteiger charge is -2.24. The van der Waals surface area contributed by atoms with Crippen molar-refractivity contribution in [3.63, 3.8) is 0 Å². The van der Waals surface area contributed by atoms with Crippen LogP contribution < -0.4 is 0 Å². The maximum Gasteiger partial charge on any atom is 0.144 e.